The van der Waals surface area contributed by atoms with Crippen LogP contribution < -0.4 is 5.32 Å². The summed E-state index contributed by atoms with van der Waals surface area (Å²) in [6.07, 6.45) is 2.81. The Morgan fingerprint density at radius 1 is 1.21 bits per heavy atom. The number of anilines is 1. The van der Waals surface area contributed by atoms with Crippen molar-refractivity contribution in [2.75, 3.05) is 11.9 Å². The smallest absolute Gasteiger partial charge is 0.331 e. The van der Waals surface area contributed by atoms with Crippen molar-refractivity contribution in [2.45, 2.75) is 20.8 Å². The van der Waals surface area contributed by atoms with Gasteiger partial charge in [0.1, 0.15) is 0 Å². The molecule has 1 amide bonds. The van der Waals surface area contributed by atoms with E-state index in [9.17, 15) is 9.59 Å². The van der Waals surface area contributed by atoms with Gasteiger partial charge in [0.25, 0.3) is 5.91 Å². The van der Waals surface area contributed by atoms with Crippen LogP contribution in [-0.4, -0.2) is 33.2 Å². The number of hydrogen-bond donors (Lipinski definition) is 1. The minimum Gasteiger partial charge on any atom is -0.452 e. The van der Waals surface area contributed by atoms with Gasteiger partial charge in [0.2, 0.25) is 0 Å². The molecule has 0 aliphatic carbocycles. The Morgan fingerprint density at radius 2 is 1.96 bits per heavy atom. The van der Waals surface area contributed by atoms with Gasteiger partial charge in [0.05, 0.1) is 33.5 Å². The van der Waals surface area contributed by atoms with E-state index in [2.05, 4.69) is 15.4 Å². The molecule has 0 radical (unpaired) electrons. The van der Waals surface area contributed by atoms with E-state index < -0.39 is 11.9 Å². The maximum absolute atomic E-state index is 12.2. The monoisotopic (exact) mass is 396 g/mol. The first-order chi connectivity index (χ1) is 13.4. The number of ether oxygens (including phenoxy) is 1. The highest BCUT2D eigenvalue weighted by Crippen LogP contribution is 2.22. The van der Waals surface area contributed by atoms with Crippen molar-refractivity contribution in [3.63, 3.8) is 0 Å². The zero-order valence-electron chi connectivity index (χ0n) is 15.8. The van der Waals surface area contributed by atoms with E-state index in [0.29, 0.717) is 17.1 Å². The average molecular weight is 396 g/mol. The molecule has 0 spiro atoms. The molecule has 2 aromatic heterocycles. The fourth-order valence-corrected chi connectivity index (χ4v) is 3.20. The fourth-order valence-electron chi connectivity index (χ4n) is 2.61. The lowest BCUT2D eigenvalue weighted by molar-refractivity contribution is -0.142. The van der Waals surface area contributed by atoms with Crippen LogP contribution in [-0.2, 0) is 14.3 Å². The van der Waals surface area contributed by atoms with Crippen LogP contribution in [0.3, 0.4) is 0 Å². The predicted octanol–water partition coefficient (Wildman–Crippen LogP) is 3.45. The van der Waals surface area contributed by atoms with E-state index in [0.717, 1.165) is 16.4 Å². The largest absolute Gasteiger partial charge is 0.452 e. The number of para-hydroxylation sites is 1. The summed E-state index contributed by atoms with van der Waals surface area (Å²) in [5.74, 6) is -1.03. The molecule has 0 saturated carbocycles. The maximum Gasteiger partial charge on any atom is 0.331 e. The first-order valence-corrected chi connectivity index (χ1v) is 9.50. The summed E-state index contributed by atoms with van der Waals surface area (Å²) in [4.78, 5) is 28.2. The summed E-state index contributed by atoms with van der Waals surface area (Å²) in [6, 6.07) is 9.64. The number of carbonyl (C=O) groups excluding carboxylic acids is 2. The zero-order valence-corrected chi connectivity index (χ0v) is 16.6. The molecule has 0 atom stereocenters. The lowest BCUT2D eigenvalue weighted by Crippen LogP contribution is -2.20. The number of aromatic nitrogens is 3. The average Bonchev–Trinajstić information content (AvgIpc) is 3.23. The van der Waals surface area contributed by atoms with Gasteiger partial charge in [0.15, 0.2) is 6.61 Å². The number of esters is 1. The number of thiazole rings is 1. The number of carbonyl (C=O) groups is 2. The van der Waals surface area contributed by atoms with Gasteiger partial charge in [0, 0.05) is 11.5 Å². The Hall–Kier alpha value is -3.26. The second kappa shape index (κ2) is 8.62. The quantitative estimate of drug-likeness (QED) is 0.509. The Kier molecular flexibility index (Phi) is 6.00. The molecule has 2 heterocycles. The normalized spacial score (nSPS) is 11.0. The standard InChI is InChI=1S/C20H20N4O3S/c1-13-20(14(2)24(23-13)17-7-5-4-6-8-17)22-18(25)11-27-19(26)10-9-16-12-28-15(3)21-16/h4-10,12H,11H2,1-3H3,(H,22,25)/b10-9+. The number of rotatable bonds is 6. The molecule has 0 bridgehead atoms. The lowest BCUT2D eigenvalue weighted by Gasteiger charge is -2.07. The van der Waals surface area contributed by atoms with Crippen LogP contribution in [0.15, 0.2) is 41.8 Å². The Balaban J connectivity index is 1.58. The lowest BCUT2D eigenvalue weighted by atomic mass is 10.3. The molecule has 0 aliphatic heterocycles. The highest BCUT2D eigenvalue weighted by atomic mass is 32.1. The molecule has 0 fully saturated rings. The van der Waals surface area contributed by atoms with E-state index >= 15 is 0 Å². The Morgan fingerprint density at radius 3 is 2.64 bits per heavy atom. The molecule has 28 heavy (non-hydrogen) atoms. The van der Waals surface area contributed by atoms with E-state index in [4.69, 9.17) is 4.74 Å². The van der Waals surface area contributed by atoms with Crippen LogP contribution in [0.5, 0.6) is 0 Å². The summed E-state index contributed by atoms with van der Waals surface area (Å²) in [7, 11) is 0. The molecule has 0 aliphatic rings. The SMILES string of the molecule is Cc1nc(/C=C/C(=O)OCC(=O)Nc2c(C)nn(-c3ccccc3)c2C)cs1. The van der Waals surface area contributed by atoms with E-state index in [1.807, 2.05) is 56.5 Å². The summed E-state index contributed by atoms with van der Waals surface area (Å²) in [5.41, 5.74) is 3.67. The number of hydrogen-bond acceptors (Lipinski definition) is 6. The van der Waals surface area contributed by atoms with Gasteiger partial charge in [-0.1, -0.05) is 18.2 Å². The molecule has 7 nitrogen and oxygen atoms in total. The van der Waals surface area contributed by atoms with Crippen LogP contribution >= 0.6 is 11.3 Å². The first-order valence-electron chi connectivity index (χ1n) is 8.62. The molecular formula is C20H20N4O3S. The van der Waals surface area contributed by atoms with Gasteiger partial charge in [-0.25, -0.2) is 14.5 Å². The molecule has 0 saturated heterocycles. The van der Waals surface area contributed by atoms with Crippen LogP contribution in [0.1, 0.15) is 22.1 Å². The summed E-state index contributed by atoms with van der Waals surface area (Å²) >= 11 is 1.49. The summed E-state index contributed by atoms with van der Waals surface area (Å²) in [6.45, 7) is 5.18. The van der Waals surface area contributed by atoms with Crippen molar-refractivity contribution < 1.29 is 14.3 Å². The van der Waals surface area contributed by atoms with Gasteiger partial charge in [-0.15, -0.1) is 11.3 Å². The highest BCUT2D eigenvalue weighted by Gasteiger charge is 2.15. The predicted molar refractivity (Wildman–Crippen MR) is 109 cm³/mol. The number of nitrogens with one attached hydrogen (secondary N) is 1. The van der Waals surface area contributed by atoms with Crippen LogP contribution in [0.4, 0.5) is 5.69 Å². The second-order valence-electron chi connectivity index (χ2n) is 6.07. The number of amides is 1. The second-order valence-corrected chi connectivity index (χ2v) is 7.14. The highest BCUT2D eigenvalue weighted by molar-refractivity contribution is 7.09. The van der Waals surface area contributed by atoms with E-state index in [1.165, 1.54) is 17.4 Å². The first kappa shape index (κ1) is 19.5. The summed E-state index contributed by atoms with van der Waals surface area (Å²) in [5, 5.41) is 9.98. The third-order valence-corrected chi connectivity index (χ3v) is 4.72. The minimum absolute atomic E-state index is 0.380. The molecule has 3 aromatic rings. The molecule has 8 heteroatoms. The van der Waals surface area contributed by atoms with Crippen molar-refractivity contribution in [3.8, 4) is 5.69 Å². The van der Waals surface area contributed by atoms with Gasteiger partial charge in [-0.3, -0.25) is 4.79 Å². The van der Waals surface area contributed by atoms with Gasteiger partial charge >= 0.3 is 5.97 Å². The van der Waals surface area contributed by atoms with Crippen molar-refractivity contribution in [3.05, 3.63) is 63.9 Å². The molecule has 144 valence electrons. The molecule has 1 aromatic carbocycles. The van der Waals surface area contributed by atoms with Crippen molar-refractivity contribution in [2.24, 2.45) is 0 Å². The van der Waals surface area contributed by atoms with Gasteiger partial charge in [-0.2, -0.15) is 5.10 Å². The molecule has 1 N–H and O–H groups in total. The van der Waals surface area contributed by atoms with Crippen LogP contribution in [0, 0.1) is 20.8 Å². The van der Waals surface area contributed by atoms with E-state index in [1.54, 1.807) is 10.8 Å². The Bertz CT molecular complexity index is 1020. The third-order valence-electron chi connectivity index (χ3n) is 3.93. The summed E-state index contributed by atoms with van der Waals surface area (Å²) < 4.78 is 6.75. The molecule has 3 rings (SSSR count). The van der Waals surface area contributed by atoms with Crippen molar-refractivity contribution in [1.82, 2.24) is 14.8 Å². The van der Waals surface area contributed by atoms with Crippen molar-refractivity contribution >= 4 is 35.0 Å². The van der Waals surface area contributed by atoms with Crippen molar-refractivity contribution in [1.29, 1.82) is 0 Å². The zero-order chi connectivity index (χ0) is 20.1. The van der Waals surface area contributed by atoms with Gasteiger partial charge in [-0.05, 0) is 39.0 Å². The van der Waals surface area contributed by atoms with Crippen LogP contribution in [0.25, 0.3) is 11.8 Å². The number of benzene rings is 1. The number of aryl methyl sites for hydroxylation is 2. The van der Waals surface area contributed by atoms with Gasteiger partial charge < -0.3 is 10.1 Å². The fraction of sp³-hybridized carbons (Fsp3) is 0.200. The topological polar surface area (TPSA) is 86.1 Å². The maximum atomic E-state index is 12.2. The van der Waals surface area contributed by atoms with E-state index in [-0.39, 0.29) is 6.61 Å². The third kappa shape index (κ3) is 4.72. The number of nitrogens with zero attached hydrogens (tertiary/aromatic N) is 3. The molecule has 0 unspecified atom stereocenters. The van der Waals surface area contributed by atoms with Crippen LogP contribution in [0.2, 0.25) is 0 Å². The Labute approximate surface area is 166 Å². The minimum atomic E-state index is -0.603. The molecular weight excluding hydrogens is 376 g/mol.